The Balaban J connectivity index is 2.23. The van der Waals surface area contributed by atoms with Crippen molar-refractivity contribution in [3.63, 3.8) is 0 Å². The molecule has 0 atom stereocenters. The molecule has 28 heavy (non-hydrogen) atoms. The van der Waals surface area contributed by atoms with E-state index in [9.17, 15) is 4.79 Å². The van der Waals surface area contributed by atoms with Gasteiger partial charge in [0.25, 0.3) is 5.91 Å². The van der Waals surface area contributed by atoms with Crippen molar-refractivity contribution in [2.45, 2.75) is 33.8 Å². The zero-order chi connectivity index (χ0) is 20.7. The van der Waals surface area contributed by atoms with Crippen LogP contribution in [0.4, 0.5) is 0 Å². The van der Waals surface area contributed by atoms with Crippen molar-refractivity contribution in [2.75, 3.05) is 0 Å². The molecule has 146 valence electrons. The van der Waals surface area contributed by atoms with Crippen LogP contribution in [0.3, 0.4) is 0 Å². The van der Waals surface area contributed by atoms with Crippen LogP contribution in [-0.4, -0.2) is 29.5 Å². The first kappa shape index (κ1) is 21.3. The van der Waals surface area contributed by atoms with Gasteiger partial charge in [-0.3, -0.25) is 14.8 Å². The van der Waals surface area contributed by atoms with Gasteiger partial charge in [-0.25, -0.2) is 4.99 Å². The number of aromatic nitrogens is 1. The summed E-state index contributed by atoms with van der Waals surface area (Å²) in [6.07, 6.45) is 4.69. The zero-order valence-electron chi connectivity index (χ0n) is 16.4. The number of benzene rings is 1. The highest BCUT2D eigenvalue weighted by Gasteiger charge is 2.10. The first-order valence-electron chi connectivity index (χ1n) is 8.71. The number of nitrogens with zero attached hydrogens (tertiary/aromatic N) is 3. The molecule has 1 aromatic heterocycles. The summed E-state index contributed by atoms with van der Waals surface area (Å²) in [5, 5.41) is 3.22. The molecule has 0 saturated heterocycles. The first-order valence-corrected chi connectivity index (χ1v) is 9.09. The second kappa shape index (κ2) is 9.80. The lowest BCUT2D eigenvalue weighted by molar-refractivity contribution is 0.0976. The van der Waals surface area contributed by atoms with E-state index >= 15 is 0 Å². The summed E-state index contributed by atoms with van der Waals surface area (Å²) in [7, 11) is 0. The molecule has 6 nitrogen and oxygen atoms in total. The van der Waals surface area contributed by atoms with Crippen molar-refractivity contribution < 1.29 is 9.53 Å². The minimum atomic E-state index is -0.279. The zero-order valence-corrected chi connectivity index (χ0v) is 17.1. The molecular weight excluding hydrogens is 376 g/mol. The maximum atomic E-state index is 12.3. The number of aliphatic imine (C=N–C) groups is 2. The van der Waals surface area contributed by atoms with Gasteiger partial charge in [-0.05, 0) is 64.2 Å². The number of carbonyl (C=O) groups excluding carboxylic acids is 1. The summed E-state index contributed by atoms with van der Waals surface area (Å²) in [6, 6.07) is 7.08. The van der Waals surface area contributed by atoms with E-state index in [-0.39, 0.29) is 12.0 Å². The number of rotatable bonds is 6. The molecule has 0 radical (unpaired) electrons. The van der Waals surface area contributed by atoms with Crippen molar-refractivity contribution >= 4 is 35.8 Å². The number of aryl methyl sites for hydroxylation is 1. The predicted molar refractivity (Wildman–Crippen MR) is 114 cm³/mol. The van der Waals surface area contributed by atoms with E-state index in [0.29, 0.717) is 33.4 Å². The minimum absolute atomic E-state index is 0.0320. The molecule has 0 fully saturated rings. The lowest BCUT2D eigenvalue weighted by atomic mass is 10.1. The molecule has 0 aliphatic rings. The second-order valence-electron chi connectivity index (χ2n) is 6.34. The third-order valence-corrected chi connectivity index (χ3v) is 4.04. The van der Waals surface area contributed by atoms with E-state index in [1.54, 1.807) is 37.4 Å². The van der Waals surface area contributed by atoms with Crippen LogP contribution in [0, 0.1) is 6.92 Å². The summed E-state index contributed by atoms with van der Waals surface area (Å²) >= 11 is 6.29. The SMILES string of the molecule is C=N/C(=C\N=C(C)NC(=O)c1cnccc1C)c1cc(OC(C)C)ccc1Cl. The monoisotopic (exact) mass is 398 g/mol. The topological polar surface area (TPSA) is 75.9 Å². The maximum Gasteiger partial charge on any atom is 0.258 e. The van der Waals surface area contributed by atoms with Crippen LogP contribution < -0.4 is 10.1 Å². The van der Waals surface area contributed by atoms with E-state index in [1.807, 2.05) is 20.8 Å². The Bertz CT molecular complexity index is 936. The quantitative estimate of drug-likeness (QED) is 0.567. The van der Waals surface area contributed by atoms with Gasteiger partial charge in [0.05, 0.1) is 28.6 Å². The summed E-state index contributed by atoms with van der Waals surface area (Å²) in [6.45, 7) is 11.0. The molecule has 0 unspecified atom stereocenters. The number of amidine groups is 1. The predicted octanol–water partition coefficient (Wildman–Crippen LogP) is 4.68. The number of pyridine rings is 1. The Morgan fingerprint density at radius 3 is 2.71 bits per heavy atom. The van der Waals surface area contributed by atoms with Crippen molar-refractivity contribution in [1.29, 1.82) is 0 Å². The maximum absolute atomic E-state index is 12.3. The van der Waals surface area contributed by atoms with E-state index in [0.717, 1.165) is 5.56 Å². The van der Waals surface area contributed by atoms with E-state index in [4.69, 9.17) is 16.3 Å². The highest BCUT2D eigenvalue weighted by atomic mass is 35.5. The summed E-state index contributed by atoms with van der Waals surface area (Å²) in [5.74, 6) is 0.795. The largest absolute Gasteiger partial charge is 0.491 e. The molecule has 2 rings (SSSR count). The third kappa shape index (κ3) is 5.76. The lowest BCUT2D eigenvalue weighted by Crippen LogP contribution is -2.28. The Morgan fingerprint density at radius 1 is 1.32 bits per heavy atom. The van der Waals surface area contributed by atoms with Gasteiger partial charge in [-0.2, -0.15) is 0 Å². The van der Waals surface area contributed by atoms with E-state index in [2.05, 4.69) is 27.0 Å². The molecular formula is C21H23ClN4O2. The number of hydrogen-bond acceptors (Lipinski definition) is 5. The third-order valence-electron chi connectivity index (χ3n) is 3.71. The smallest absolute Gasteiger partial charge is 0.258 e. The molecule has 2 aromatic rings. The highest BCUT2D eigenvalue weighted by molar-refractivity contribution is 6.32. The molecule has 0 bridgehead atoms. The summed E-state index contributed by atoms with van der Waals surface area (Å²) in [4.78, 5) is 24.6. The van der Waals surface area contributed by atoms with Gasteiger partial charge in [0.1, 0.15) is 11.6 Å². The normalized spacial score (nSPS) is 12.1. The fourth-order valence-corrected chi connectivity index (χ4v) is 2.58. The van der Waals surface area contributed by atoms with Crippen molar-refractivity contribution in [3.05, 3.63) is 64.6 Å². The van der Waals surface area contributed by atoms with Gasteiger partial charge < -0.3 is 10.1 Å². The number of nitrogens with one attached hydrogen (secondary N) is 1. The van der Waals surface area contributed by atoms with Crippen LogP contribution in [0.15, 0.2) is 52.8 Å². The molecule has 1 aromatic carbocycles. The number of halogens is 1. The average molecular weight is 399 g/mol. The van der Waals surface area contributed by atoms with Gasteiger partial charge in [0.15, 0.2) is 0 Å². The van der Waals surface area contributed by atoms with E-state index < -0.39 is 0 Å². The molecule has 1 N–H and O–H groups in total. The Morgan fingerprint density at radius 2 is 2.07 bits per heavy atom. The first-order chi connectivity index (χ1) is 13.3. The van der Waals surface area contributed by atoms with Gasteiger partial charge in [-0.15, -0.1) is 0 Å². The molecule has 7 heteroatoms. The van der Waals surface area contributed by atoms with Crippen LogP contribution in [0.5, 0.6) is 5.75 Å². The van der Waals surface area contributed by atoms with E-state index in [1.165, 1.54) is 12.4 Å². The highest BCUT2D eigenvalue weighted by Crippen LogP contribution is 2.29. The number of hydrogen-bond donors (Lipinski definition) is 1. The fourth-order valence-electron chi connectivity index (χ4n) is 2.37. The van der Waals surface area contributed by atoms with Crippen molar-refractivity contribution in [2.24, 2.45) is 9.98 Å². The van der Waals surface area contributed by atoms with Crippen LogP contribution in [-0.2, 0) is 0 Å². The van der Waals surface area contributed by atoms with Gasteiger partial charge in [-0.1, -0.05) is 11.6 Å². The standard InChI is InChI=1S/C21H23ClN4O2/c1-13(2)28-16-6-7-19(22)17(10-16)20(23-5)12-25-15(4)26-21(27)18-11-24-9-8-14(18)3/h6-13H,5H2,1-4H3,(H,25,26,27)/b20-12-. The van der Waals surface area contributed by atoms with Crippen LogP contribution in [0.25, 0.3) is 5.70 Å². The molecule has 0 saturated carbocycles. The van der Waals surface area contributed by atoms with Crippen molar-refractivity contribution in [3.8, 4) is 5.75 Å². The summed E-state index contributed by atoms with van der Waals surface area (Å²) in [5.41, 5.74) is 2.42. The minimum Gasteiger partial charge on any atom is -0.491 e. The molecule has 1 heterocycles. The Hall–Kier alpha value is -2.99. The molecule has 0 spiro atoms. The Labute approximate surface area is 170 Å². The van der Waals surface area contributed by atoms with Crippen LogP contribution >= 0.6 is 11.6 Å². The molecule has 0 aliphatic carbocycles. The number of amides is 1. The second-order valence-corrected chi connectivity index (χ2v) is 6.75. The number of carbonyl (C=O) groups is 1. The summed E-state index contributed by atoms with van der Waals surface area (Å²) < 4.78 is 5.70. The van der Waals surface area contributed by atoms with Crippen LogP contribution in [0.2, 0.25) is 5.02 Å². The van der Waals surface area contributed by atoms with Gasteiger partial charge in [0.2, 0.25) is 0 Å². The molecule has 1 amide bonds. The van der Waals surface area contributed by atoms with Gasteiger partial charge in [0, 0.05) is 18.0 Å². The average Bonchev–Trinajstić information content (AvgIpc) is 2.64. The molecule has 0 aliphatic heterocycles. The van der Waals surface area contributed by atoms with Crippen molar-refractivity contribution in [1.82, 2.24) is 10.3 Å². The van der Waals surface area contributed by atoms with Gasteiger partial charge >= 0.3 is 0 Å². The fraction of sp³-hybridized carbons (Fsp3) is 0.238. The number of ether oxygens (including phenoxy) is 1. The lowest BCUT2D eigenvalue weighted by Gasteiger charge is -2.12. The van der Waals surface area contributed by atoms with Crippen LogP contribution in [0.1, 0.15) is 42.3 Å². The Kier molecular flexibility index (Phi) is 7.46.